The average Bonchev–Trinajstić information content (AvgIpc) is 3.83. The van der Waals surface area contributed by atoms with Gasteiger partial charge in [-0.15, -0.1) is 0 Å². The molecule has 0 N–H and O–H groups in total. The Hall–Kier alpha value is -5.93. The van der Waals surface area contributed by atoms with E-state index in [0.717, 1.165) is 17.8 Å². The van der Waals surface area contributed by atoms with E-state index in [-0.39, 0.29) is 0 Å². The van der Waals surface area contributed by atoms with Crippen molar-refractivity contribution < 1.29 is 0 Å². The number of nitrogens with zero attached hydrogens (tertiary/aromatic N) is 3. The second kappa shape index (κ2) is 8.37. The summed E-state index contributed by atoms with van der Waals surface area (Å²) in [5, 5.41) is 7.63. The Balaban J connectivity index is 1.12. The summed E-state index contributed by atoms with van der Waals surface area (Å²) in [6.45, 7) is 0. The van der Waals surface area contributed by atoms with Crippen LogP contribution in [-0.2, 0) is 6.42 Å². The summed E-state index contributed by atoms with van der Waals surface area (Å²) in [6, 6.07) is 49.2. The molecule has 11 rings (SSSR count). The number of benzene rings is 6. The average molecular weight is 572 g/mol. The van der Waals surface area contributed by atoms with Crippen molar-refractivity contribution in [1.29, 1.82) is 0 Å². The van der Waals surface area contributed by atoms with Crippen LogP contribution in [0.15, 0.2) is 140 Å². The molecule has 0 aliphatic heterocycles. The lowest BCUT2D eigenvalue weighted by Gasteiger charge is -2.10. The van der Waals surface area contributed by atoms with Crippen LogP contribution in [0.3, 0.4) is 0 Å². The maximum Gasteiger partial charge on any atom is 0.145 e. The van der Waals surface area contributed by atoms with Gasteiger partial charge in [-0.1, -0.05) is 84.9 Å². The Morgan fingerprint density at radius 3 is 2.18 bits per heavy atom. The Morgan fingerprint density at radius 2 is 1.22 bits per heavy atom. The third-order valence-electron chi connectivity index (χ3n) is 10.1. The van der Waals surface area contributed by atoms with Crippen LogP contribution in [0.2, 0.25) is 0 Å². The number of rotatable bonds is 2. The normalized spacial score (nSPS) is 12.8. The van der Waals surface area contributed by atoms with E-state index in [9.17, 15) is 0 Å². The lowest BCUT2D eigenvalue weighted by Crippen LogP contribution is -1.96. The van der Waals surface area contributed by atoms with Crippen LogP contribution in [0.25, 0.3) is 88.0 Å². The Bertz CT molecular complexity index is 2850. The number of fused-ring (bicyclic) bond motifs is 12. The van der Waals surface area contributed by atoms with Gasteiger partial charge in [-0.2, -0.15) is 0 Å². The summed E-state index contributed by atoms with van der Waals surface area (Å²) in [5.41, 5.74) is 15.1. The molecule has 45 heavy (non-hydrogen) atoms. The number of aromatic nitrogens is 3. The highest BCUT2D eigenvalue weighted by molar-refractivity contribution is 6.23. The summed E-state index contributed by atoms with van der Waals surface area (Å²) in [5.74, 6) is 0. The molecule has 0 amide bonds. The Kier molecular flexibility index (Phi) is 4.37. The smallest absolute Gasteiger partial charge is 0.145 e. The molecule has 6 aromatic carbocycles. The predicted octanol–water partition coefficient (Wildman–Crippen LogP) is 10.6. The van der Waals surface area contributed by atoms with E-state index in [1.165, 1.54) is 87.8 Å². The Labute approximate surface area is 258 Å². The van der Waals surface area contributed by atoms with E-state index in [0.29, 0.717) is 0 Å². The molecule has 0 bridgehead atoms. The minimum atomic E-state index is 0.971. The highest BCUT2D eigenvalue weighted by Gasteiger charge is 2.21. The van der Waals surface area contributed by atoms with Crippen LogP contribution in [0.4, 0.5) is 0 Å². The van der Waals surface area contributed by atoms with Crippen LogP contribution >= 0.6 is 0 Å². The first kappa shape index (κ1) is 23.5. The van der Waals surface area contributed by atoms with Crippen LogP contribution in [0.1, 0.15) is 11.1 Å². The molecule has 0 spiro atoms. The first-order chi connectivity index (χ1) is 22.3. The molecule has 1 aliphatic rings. The highest BCUT2D eigenvalue weighted by atomic mass is 15.0. The van der Waals surface area contributed by atoms with E-state index in [4.69, 9.17) is 4.98 Å². The van der Waals surface area contributed by atoms with Crippen molar-refractivity contribution in [3.63, 3.8) is 0 Å². The van der Waals surface area contributed by atoms with Gasteiger partial charge in [0.15, 0.2) is 0 Å². The molecule has 10 aromatic rings. The second-order valence-electron chi connectivity index (χ2n) is 12.4. The van der Waals surface area contributed by atoms with Crippen molar-refractivity contribution in [2.75, 3.05) is 0 Å². The third kappa shape index (κ3) is 3.02. The highest BCUT2D eigenvalue weighted by Crippen LogP contribution is 2.42. The van der Waals surface area contributed by atoms with Crippen LogP contribution in [0, 0.1) is 0 Å². The molecule has 3 nitrogen and oxygen atoms in total. The fourth-order valence-electron chi connectivity index (χ4n) is 8.17. The van der Waals surface area contributed by atoms with Crippen molar-refractivity contribution in [1.82, 2.24) is 14.0 Å². The topological polar surface area (TPSA) is 22.2 Å². The first-order valence-corrected chi connectivity index (χ1v) is 15.6. The minimum absolute atomic E-state index is 0.971. The molecule has 3 heteroatoms. The summed E-state index contributed by atoms with van der Waals surface area (Å²) < 4.78 is 4.79. The van der Waals surface area contributed by atoms with Gasteiger partial charge in [-0.3, -0.25) is 4.57 Å². The van der Waals surface area contributed by atoms with Gasteiger partial charge in [0, 0.05) is 44.2 Å². The zero-order chi connectivity index (χ0) is 29.2. The quantitative estimate of drug-likeness (QED) is 0.202. The molecular weight excluding hydrogens is 546 g/mol. The summed E-state index contributed by atoms with van der Waals surface area (Å²) in [6.07, 6.45) is 2.88. The summed E-state index contributed by atoms with van der Waals surface area (Å²) in [4.78, 5) is 4.90. The molecule has 4 heterocycles. The standard InChI is InChI=1S/C42H25N3/c1-2-8-30-27(7-1)21-28-22-29(16-18-31(28)30)44-39-19-15-25(23-37(39)36-12-6-20-43-42(36)44)26-14-17-33-35-11-5-10-34-32-9-3-4-13-38(32)45(41(34)35)40(33)24-26/h1-20,22-24H,21H2. The fourth-order valence-corrected chi connectivity index (χ4v) is 8.17. The molecule has 0 radical (unpaired) electrons. The van der Waals surface area contributed by atoms with Crippen molar-refractivity contribution in [2.45, 2.75) is 6.42 Å². The zero-order valence-electron chi connectivity index (χ0n) is 24.3. The maximum atomic E-state index is 4.90. The fraction of sp³-hybridized carbons (Fsp3) is 0.0238. The van der Waals surface area contributed by atoms with Gasteiger partial charge in [0.1, 0.15) is 5.65 Å². The van der Waals surface area contributed by atoms with Gasteiger partial charge in [0.05, 0.1) is 22.1 Å². The summed E-state index contributed by atoms with van der Waals surface area (Å²) in [7, 11) is 0. The molecule has 0 unspecified atom stereocenters. The molecular formula is C42H25N3. The Morgan fingerprint density at radius 1 is 0.467 bits per heavy atom. The molecule has 0 saturated carbocycles. The largest absolute Gasteiger partial charge is 0.308 e. The van der Waals surface area contributed by atoms with Gasteiger partial charge in [-0.05, 0) is 88.3 Å². The van der Waals surface area contributed by atoms with Gasteiger partial charge >= 0.3 is 0 Å². The van der Waals surface area contributed by atoms with E-state index >= 15 is 0 Å². The second-order valence-corrected chi connectivity index (χ2v) is 12.4. The maximum absolute atomic E-state index is 4.90. The number of para-hydroxylation sites is 2. The van der Waals surface area contributed by atoms with Gasteiger partial charge in [-0.25, -0.2) is 4.98 Å². The van der Waals surface area contributed by atoms with E-state index < -0.39 is 0 Å². The number of hydrogen-bond donors (Lipinski definition) is 0. The van der Waals surface area contributed by atoms with Gasteiger partial charge < -0.3 is 4.40 Å². The summed E-state index contributed by atoms with van der Waals surface area (Å²) >= 11 is 0. The molecule has 1 aliphatic carbocycles. The SMILES string of the molecule is c1ccc2c(c1)Cc1cc(-n3c4ccc(-c5ccc6c7cccc8c9ccccc9n(c6c5)c87)cc4c4cccnc43)ccc1-2. The number of pyridine rings is 1. The number of hydrogen-bond acceptors (Lipinski definition) is 1. The van der Waals surface area contributed by atoms with Crippen molar-refractivity contribution >= 4 is 60.0 Å². The minimum Gasteiger partial charge on any atom is -0.308 e. The van der Waals surface area contributed by atoms with Crippen LogP contribution < -0.4 is 0 Å². The van der Waals surface area contributed by atoms with E-state index in [2.05, 4.69) is 136 Å². The molecule has 0 atom stereocenters. The van der Waals surface area contributed by atoms with Crippen LogP contribution in [-0.4, -0.2) is 14.0 Å². The molecule has 0 saturated heterocycles. The lowest BCUT2D eigenvalue weighted by atomic mass is 10.0. The van der Waals surface area contributed by atoms with Crippen LogP contribution in [0.5, 0.6) is 0 Å². The molecule has 0 fully saturated rings. The third-order valence-corrected chi connectivity index (χ3v) is 10.1. The van der Waals surface area contributed by atoms with Crippen molar-refractivity contribution in [3.05, 3.63) is 151 Å². The van der Waals surface area contributed by atoms with Gasteiger partial charge in [0.2, 0.25) is 0 Å². The van der Waals surface area contributed by atoms with Gasteiger partial charge in [0.25, 0.3) is 0 Å². The zero-order valence-corrected chi connectivity index (χ0v) is 24.3. The van der Waals surface area contributed by atoms with Crippen molar-refractivity contribution in [2.24, 2.45) is 0 Å². The predicted molar refractivity (Wildman–Crippen MR) is 187 cm³/mol. The molecule has 4 aromatic heterocycles. The monoisotopic (exact) mass is 571 g/mol. The van der Waals surface area contributed by atoms with E-state index in [1.807, 2.05) is 12.3 Å². The van der Waals surface area contributed by atoms with Crippen molar-refractivity contribution in [3.8, 4) is 27.9 Å². The lowest BCUT2D eigenvalue weighted by molar-refractivity contribution is 1.12. The van der Waals surface area contributed by atoms with E-state index in [1.54, 1.807) is 0 Å². The molecule has 208 valence electrons. The first-order valence-electron chi connectivity index (χ1n) is 15.6.